The fourth-order valence-corrected chi connectivity index (χ4v) is 6.09. The van der Waals surface area contributed by atoms with Gasteiger partial charge in [0.15, 0.2) is 0 Å². The Labute approximate surface area is 260 Å². The summed E-state index contributed by atoms with van der Waals surface area (Å²) in [6, 6.07) is 15.4. The first-order valence-electron chi connectivity index (χ1n) is 15.5. The summed E-state index contributed by atoms with van der Waals surface area (Å²) in [5.41, 5.74) is 2.91. The highest BCUT2D eigenvalue weighted by Crippen LogP contribution is 2.33. The molecule has 2 aliphatic rings. The Bertz CT molecular complexity index is 1290. The van der Waals surface area contributed by atoms with Crippen molar-refractivity contribution in [2.45, 2.75) is 58.3 Å². The van der Waals surface area contributed by atoms with Gasteiger partial charge in [-0.15, -0.1) is 0 Å². The summed E-state index contributed by atoms with van der Waals surface area (Å²) in [6.07, 6.45) is 0.184. The Hall–Kier alpha value is -3.34. The molecule has 0 saturated carbocycles. The first-order valence-corrected chi connectivity index (χ1v) is 15.5. The normalized spacial score (nSPS) is 19.3. The molecule has 1 unspecified atom stereocenters. The zero-order chi connectivity index (χ0) is 31.7. The number of aryl methyl sites for hydroxylation is 1. The van der Waals surface area contributed by atoms with Gasteiger partial charge in [-0.1, -0.05) is 36.4 Å². The number of aliphatic hydroxyl groups excluding tert-OH is 1. The van der Waals surface area contributed by atoms with Crippen LogP contribution in [0.3, 0.4) is 0 Å². The number of hydrogen-bond donors (Lipinski definition) is 3. The van der Waals surface area contributed by atoms with Crippen molar-refractivity contribution in [3.05, 3.63) is 83.2 Å². The molecule has 0 aromatic heterocycles. The number of anilines is 2. The standard InChI is InChI=1S/C34H47F3N6O/c1-5-31(40-32(15-22-44)27-9-7-6-8-10-27)30(34(35,36)37)24-38-26(3)39-28-11-12-33(25(2)23-28)43-16-13-29(14-17-43)42-20-18-41(4)19-21-42/h5-12,23-24,29,32,40,44H,13-22H2,1-4H3,(H,38,39)/b30-24+,31-5+. The largest absolute Gasteiger partial charge is 0.419 e. The summed E-state index contributed by atoms with van der Waals surface area (Å²) in [5, 5.41) is 15.7. The monoisotopic (exact) mass is 612 g/mol. The van der Waals surface area contributed by atoms with Crippen LogP contribution in [0.1, 0.15) is 50.3 Å². The van der Waals surface area contributed by atoms with Crippen molar-refractivity contribution in [1.82, 2.24) is 15.1 Å². The van der Waals surface area contributed by atoms with Gasteiger partial charge in [-0.3, -0.25) is 4.90 Å². The molecule has 1 atom stereocenters. The number of nitrogens with one attached hydrogen (secondary N) is 2. The quantitative estimate of drug-likeness (QED) is 0.171. The molecule has 10 heteroatoms. The van der Waals surface area contributed by atoms with E-state index in [-0.39, 0.29) is 18.7 Å². The smallest absolute Gasteiger partial charge is 0.396 e. The average molecular weight is 613 g/mol. The number of alkyl halides is 3. The number of aliphatic hydroxyl groups is 1. The van der Waals surface area contributed by atoms with Crippen molar-refractivity contribution in [1.29, 1.82) is 0 Å². The molecular weight excluding hydrogens is 565 g/mol. The maximum Gasteiger partial charge on any atom is 0.419 e. The summed E-state index contributed by atoms with van der Waals surface area (Å²) in [6.45, 7) is 11.7. The molecule has 2 heterocycles. The maximum atomic E-state index is 14.2. The number of amidine groups is 1. The van der Waals surface area contributed by atoms with E-state index in [0.29, 0.717) is 11.9 Å². The first-order chi connectivity index (χ1) is 21.1. The van der Waals surface area contributed by atoms with Gasteiger partial charge >= 0.3 is 6.18 Å². The number of likely N-dealkylation sites (N-methyl/N-ethyl adjacent to an activating group) is 1. The lowest BCUT2D eigenvalue weighted by atomic mass is 10.0. The van der Waals surface area contributed by atoms with Gasteiger partial charge in [-0.25, -0.2) is 4.99 Å². The fourth-order valence-electron chi connectivity index (χ4n) is 6.09. The molecule has 0 bridgehead atoms. The van der Waals surface area contributed by atoms with Gasteiger partial charge in [0.25, 0.3) is 0 Å². The highest BCUT2D eigenvalue weighted by molar-refractivity contribution is 5.94. The van der Waals surface area contributed by atoms with Crippen molar-refractivity contribution in [2.75, 3.05) is 63.1 Å². The molecule has 2 fully saturated rings. The molecule has 44 heavy (non-hydrogen) atoms. The van der Waals surface area contributed by atoms with Gasteiger partial charge < -0.3 is 25.5 Å². The highest BCUT2D eigenvalue weighted by Gasteiger charge is 2.37. The summed E-state index contributed by atoms with van der Waals surface area (Å²) >= 11 is 0. The number of aliphatic imine (C=N–C) groups is 1. The number of allylic oxidation sites excluding steroid dienone is 2. The molecular formula is C34H47F3N6O. The highest BCUT2D eigenvalue weighted by atomic mass is 19.4. The zero-order valence-electron chi connectivity index (χ0n) is 26.4. The van der Waals surface area contributed by atoms with Crippen molar-refractivity contribution in [3.63, 3.8) is 0 Å². The van der Waals surface area contributed by atoms with E-state index in [0.717, 1.165) is 75.1 Å². The van der Waals surface area contributed by atoms with Crippen LogP contribution in [-0.2, 0) is 0 Å². The topological polar surface area (TPSA) is 66.4 Å². The Morgan fingerprint density at radius 2 is 1.73 bits per heavy atom. The zero-order valence-corrected chi connectivity index (χ0v) is 26.4. The van der Waals surface area contributed by atoms with Crippen LogP contribution in [0.15, 0.2) is 77.1 Å². The van der Waals surface area contributed by atoms with Crippen molar-refractivity contribution in [2.24, 2.45) is 4.99 Å². The second-order valence-corrected chi connectivity index (χ2v) is 11.8. The number of benzene rings is 2. The third-order valence-electron chi connectivity index (χ3n) is 8.60. The van der Waals surface area contributed by atoms with Crippen LogP contribution in [0.4, 0.5) is 24.5 Å². The Morgan fingerprint density at radius 3 is 2.32 bits per heavy atom. The minimum Gasteiger partial charge on any atom is -0.396 e. The molecule has 0 aliphatic carbocycles. The number of piperidine rings is 1. The predicted octanol–water partition coefficient (Wildman–Crippen LogP) is 6.10. The molecule has 240 valence electrons. The van der Waals surface area contributed by atoms with E-state index in [9.17, 15) is 18.3 Å². The van der Waals surface area contributed by atoms with E-state index >= 15 is 0 Å². The predicted molar refractivity (Wildman–Crippen MR) is 174 cm³/mol. The number of halogens is 3. The molecule has 0 amide bonds. The summed E-state index contributed by atoms with van der Waals surface area (Å²) in [7, 11) is 2.19. The van der Waals surface area contributed by atoms with E-state index in [1.54, 1.807) is 13.8 Å². The third kappa shape index (κ3) is 9.09. The van der Waals surface area contributed by atoms with Crippen LogP contribution in [0.25, 0.3) is 0 Å². The Kier molecular flexibility index (Phi) is 11.9. The molecule has 0 radical (unpaired) electrons. The van der Waals surface area contributed by atoms with Gasteiger partial charge in [0.2, 0.25) is 0 Å². The molecule has 2 aromatic carbocycles. The third-order valence-corrected chi connectivity index (χ3v) is 8.60. The summed E-state index contributed by atoms with van der Waals surface area (Å²) < 4.78 is 42.6. The average Bonchev–Trinajstić information content (AvgIpc) is 3.00. The molecule has 2 aromatic rings. The van der Waals surface area contributed by atoms with Crippen LogP contribution < -0.4 is 15.5 Å². The maximum absolute atomic E-state index is 14.2. The Balaban J connectivity index is 1.41. The van der Waals surface area contributed by atoms with E-state index in [4.69, 9.17) is 0 Å². The van der Waals surface area contributed by atoms with Crippen LogP contribution in [0, 0.1) is 6.92 Å². The van der Waals surface area contributed by atoms with E-state index in [1.165, 1.54) is 11.8 Å². The SMILES string of the molecule is C\C=C(NC(CCO)c1ccccc1)/C(=C\N=C(/C)Nc1ccc(N2CCC(N3CCN(C)CC3)CC2)c(C)c1)C(F)(F)F. The van der Waals surface area contributed by atoms with Crippen LogP contribution >= 0.6 is 0 Å². The molecule has 3 N–H and O–H groups in total. The molecule has 0 spiro atoms. The van der Waals surface area contributed by atoms with Crippen LogP contribution in [0.5, 0.6) is 0 Å². The molecule has 2 aliphatic heterocycles. The number of nitrogens with zero attached hydrogens (tertiary/aromatic N) is 4. The Morgan fingerprint density at radius 1 is 1.05 bits per heavy atom. The summed E-state index contributed by atoms with van der Waals surface area (Å²) in [4.78, 5) is 11.6. The minimum atomic E-state index is -4.63. The van der Waals surface area contributed by atoms with Gasteiger partial charge in [0.05, 0.1) is 11.6 Å². The van der Waals surface area contributed by atoms with Gasteiger partial charge in [0.1, 0.15) is 5.84 Å². The fraction of sp³-hybridized carbons (Fsp3) is 0.500. The van der Waals surface area contributed by atoms with E-state index in [2.05, 4.69) is 50.4 Å². The van der Waals surface area contributed by atoms with Crippen molar-refractivity contribution in [3.8, 4) is 0 Å². The lowest BCUT2D eigenvalue weighted by molar-refractivity contribution is -0.0901. The van der Waals surface area contributed by atoms with Crippen molar-refractivity contribution < 1.29 is 18.3 Å². The van der Waals surface area contributed by atoms with Crippen LogP contribution in [0.2, 0.25) is 0 Å². The number of rotatable bonds is 10. The van der Waals surface area contributed by atoms with Gasteiger partial charge in [-0.2, -0.15) is 13.2 Å². The second kappa shape index (κ2) is 15.6. The first kappa shape index (κ1) is 33.6. The minimum absolute atomic E-state index is 0.0899. The lowest BCUT2D eigenvalue weighted by Crippen LogP contribution is -2.52. The number of hydrogen-bond acceptors (Lipinski definition) is 6. The van der Waals surface area contributed by atoms with Crippen molar-refractivity contribution >= 4 is 17.2 Å². The molecule has 2 saturated heterocycles. The molecule has 7 nitrogen and oxygen atoms in total. The van der Waals surface area contributed by atoms with E-state index < -0.39 is 17.8 Å². The number of piperazine rings is 1. The van der Waals surface area contributed by atoms with Gasteiger partial charge in [-0.05, 0) is 76.4 Å². The van der Waals surface area contributed by atoms with Gasteiger partial charge in [0, 0.05) is 75.2 Å². The van der Waals surface area contributed by atoms with Crippen LogP contribution in [-0.4, -0.2) is 85.9 Å². The van der Waals surface area contributed by atoms with E-state index in [1.807, 2.05) is 42.5 Å². The summed E-state index contributed by atoms with van der Waals surface area (Å²) in [5.74, 6) is 0.345. The lowest BCUT2D eigenvalue weighted by Gasteiger charge is -2.43. The molecule has 4 rings (SSSR count). The second-order valence-electron chi connectivity index (χ2n) is 11.8.